The number of nitrogens with zero attached hydrogens (tertiary/aromatic N) is 1. The van der Waals surface area contributed by atoms with E-state index in [4.69, 9.17) is 0 Å². The fraction of sp³-hybridized carbons (Fsp3) is 0.458. The minimum Gasteiger partial charge on any atom is -0.343 e. The van der Waals surface area contributed by atoms with Crippen molar-refractivity contribution in [2.45, 2.75) is 58.0 Å². The standard InChI is InChI=1S/C24H31BrN2O/c1-4-24(5-2,27-16-9-10-17-27)22(19-13-7-6-8-14-19)26-23(28)21-18(3)12-11-15-20(21)25/h6-8,11-15,22H,4-5,9-10,16-17H2,1-3H3,(H,26,28). The van der Waals surface area contributed by atoms with Crippen LogP contribution in [0, 0.1) is 6.92 Å². The normalized spacial score (nSPS) is 16.1. The zero-order valence-electron chi connectivity index (χ0n) is 17.2. The molecule has 0 saturated carbocycles. The van der Waals surface area contributed by atoms with Crippen molar-refractivity contribution in [3.05, 3.63) is 69.7 Å². The first-order valence-corrected chi connectivity index (χ1v) is 11.2. The SMILES string of the molecule is CCC(CC)(C(NC(=O)c1c(C)cccc1Br)c1ccccc1)N1CCCC1. The molecule has 150 valence electrons. The highest BCUT2D eigenvalue weighted by Crippen LogP contribution is 2.40. The Hall–Kier alpha value is -1.65. The van der Waals surface area contributed by atoms with E-state index in [0.29, 0.717) is 0 Å². The van der Waals surface area contributed by atoms with E-state index >= 15 is 0 Å². The predicted molar refractivity (Wildman–Crippen MR) is 120 cm³/mol. The molecule has 1 saturated heterocycles. The number of aryl methyl sites for hydroxylation is 1. The van der Waals surface area contributed by atoms with Gasteiger partial charge in [0.2, 0.25) is 0 Å². The molecule has 1 N–H and O–H groups in total. The second kappa shape index (κ2) is 9.23. The van der Waals surface area contributed by atoms with Crippen molar-refractivity contribution in [2.75, 3.05) is 13.1 Å². The molecule has 0 bridgehead atoms. The quantitative estimate of drug-likeness (QED) is 0.579. The third kappa shape index (κ3) is 4.04. The van der Waals surface area contributed by atoms with Gasteiger partial charge >= 0.3 is 0 Å². The molecule has 1 unspecified atom stereocenters. The first kappa shape index (κ1) is 21.1. The zero-order valence-corrected chi connectivity index (χ0v) is 18.8. The molecule has 1 aliphatic heterocycles. The molecule has 1 heterocycles. The van der Waals surface area contributed by atoms with Gasteiger partial charge in [-0.25, -0.2) is 0 Å². The van der Waals surface area contributed by atoms with Crippen molar-refractivity contribution >= 4 is 21.8 Å². The summed E-state index contributed by atoms with van der Waals surface area (Å²) in [6.45, 7) is 8.72. The average molecular weight is 443 g/mol. The summed E-state index contributed by atoms with van der Waals surface area (Å²) in [4.78, 5) is 16.0. The van der Waals surface area contributed by atoms with Crippen molar-refractivity contribution in [1.29, 1.82) is 0 Å². The van der Waals surface area contributed by atoms with Crippen LogP contribution in [0.25, 0.3) is 0 Å². The smallest absolute Gasteiger partial charge is 0.253 e. The second-order valence-electron chi connectivity index (χ2n) is 7.75. The minimum atomic E-state index is -0.0807. The Labute approximate surface area is 177 Å². The van der Waals surface area contributed by atoms with E-state index in [0.717, 1.165) is 41.5 Å². The van der Waals surface area contributed by atoms with Crippen molar-refractivity contribution in [2.24, 2.45) is 0 Å². The van der Waals surface area contributed by atoms with Gasteiger partial charge in [-0.1, -0.05) is 56.3 Å². The van der Waals surface area contributed by atoms with Gasteiger partial charge in [-0.15, -0.1) is 0 Å². The van der Waals surface area contributed by atoms with Crippen molar-refractivity contribution in [1.82, 2.24) is 10.2 Å². The largest absolute Gasteiger partial charge is 0.343 e. The monoisotopic (exact) mass is 442 g/mol. The number of amides is 1. The molecule has 3 nitrogen and oxygen atoms in total. The highest BCUT2D eigenvalue weighted by atomic mass is 79.9. The first-order valence-electron chi connectivity index (χ1n) is 10.4. The van der Waals surface area contributed by atoms with E-state index in [-0.39, 0.29) is 17.5 Å². The lowest BCUT2D eigenvalue weighted by Gasteiger charge is -2.47. The fourth-order valence-electron chi connectivity index (χ4n) is 4.75. The summed E-state index contributed by atoms with van der Waals surface area (Å²) in [5.74, 6) is -0.00991. The number of nitrogens with one attached hydrogen (secondary N) is 1. The maximum atomic E-state index is 13.4. The third-order valence-corrected chi connectivity index (χ3v) is 7.02. The highest BCUT2D eigenvalue weighted by Gasteiger charge is 2.43. The molecule has 1 amide bonds. The summed E-state index contributed by atoms with van der Waals surface area (Å²) >= 11 is 3.57. The number of hydrogen-bond donors (Lipinski definition) is 1. The van der Waals surface area contributed by atoms with Gasteiger partial charge in [-0.05, 0) is 78.8 Å². The molecule has 2 aromatic carbocycles. The van der Waals surface area contributed by atoms with Crippen LogP contribution in [0.2, 0.25) is 0 Å². The van der Waals surface area contributed by atoms with E-state index in [1.807, 2.05) is 31.2 Å². The summed E-state index contributed by atoms with van der Waals surface area (Å²) in [5, 5.41) is 3.44. The molecule has 0 aromatic heterocycles. The lowest BCUT2D eigenvalue weighted by Crippen LogP contribution is -2.56. The first-order chi connectivity index (χ1) is 13.5. The van der Waals surface area contributed by atoms with Crippen LogP contribution in [0.1, 0.15) is 67.1 Å². The van der Waals surface area contributed by atoms with E-state index in [1.165, 1.54) is 18.4 Å². The van der Waals surface area contributed by atoms with Crippen LogP contribution in [0.15, 0.2) is 53.0 Å². The fourth-order valence-corrected chi connectivity index (χ4v) is 5.39. The Morgan fingerprint density at radius 3 is 2.29 bits per heavy atom. The van der Waals surface area contributed by atoms with E-state index in [1.54, 1.807) is 0 Å². The summed E-state index contributed by atoms with van der Waals surface area (Å²) in [6.07, 6.45) is 4.47. The molecule has 0 aliphatic carbocycles. The van der Waals surface area contributed by atoms with Crippen LogP contribution in [-0.4, -0.2) is 29.4 Å². The molecular formula is C24H31BrN2O. The van der Waals surface area contributed by atoms with Crippen LogP contribution in [0.5, 0.6) is 0 Å². The number of carbonyl (C=O) groups is 1. The Bertz CT molecular complexity index is 775. The van der Waals surface area contributed by atoms with Gasteiger partial charge in [-0.3, -0.25) is 9.69 Å². The Balaban J connectivity index is 2.03. The van der Waals surface area contributed by atoms with Crippen LogP contribution in [0.3, 0.4) is 0 Å². The Morgan fingerprint density at radius 1 is 1.07 bits per heavy atom. The molecule has 2 aromatic rings. The van der Waals surface area contributed by atoms with Gasteiger partial charge in [0, 0.05) is 10.0 Å². The molecule has 1 atom stereocenters. The molecule has 1 fully saturated rings. The van der Waals surface area contributed by atoms with Gasteiger partial charge in [0.05, 0.1) is 11.6 Å². The molecule has 3 rings (SSSR count). The minimum absolute atomic E-state index is 0.00991. The number of halogens is 1. The van der Waals surface area contributed by atoms with Crippen molar-refractivity contribution in [3.8, 4) is 0 Å². The van der Waals surface area contributed by atoms with Gasteiger partial charge in [-0.2, -0.15) is 0 Å². The molecule has 28 heavy (non-hydrogen) atoms. The second-order valence-corrected chi connectivity index (χ2v) is 8.61. The molecule has 4 heteroatoms. The number of rotatable bonds is 7. The molecule has 0 spiro atoms. The van der Waals surface area contributed by atoms with Crippen LogP contribution in [-0.2, 0) is 0 Å². The van der Waals surface area contributed by atoms with Crippen LogP contribution < -0.4 is 5.32 Å². The number of carbonyl (C=O) groups excluding carboxylic acids is 1. The lowest BCUT2D eigenvalue weighted by atomic mass is 9.79. The maximum absolute atomic E-state index is 13.4. The topological polar surface area (TPSA) is 32.3 Å². The van der Waals surface area contributed by atoms with E-state index in [9.17, 15) is 4.79 Å². The van der Waals surface area contributed by atoms with Crippen LogP contribution >= 0.6 is 15.9 Å². The molecule has 0 radical (unpaired) electrons. The molecule has 1 aliphatic rings. The van der Waals surface area contributed by atoms with Crippen molar-refractivity contribution < 1.29 is 4.79 Å². The van der Waals surface area contributed by atoms with Gasteiger partial charge in [0.25, 0.3) is 5.91 Å². The number of hydrogen-bond acceptors (Lipinski definition) is 2. The van der Waals surface area contributed by atoms with E-state index in [2.05, 4.69) is 64.3 Å². The summed E-state index contributed by atoms with van der Waals surface area (Å²) < 4.78 is 0.844. The van der Waals surface area contributed by atoms with E-state index < -0.39 is 0 Å². The Kier molecular flexibility index (Phi) is 6.95. The highest BCUT2D eigenvalue weighted by molar-refractivity contribution is 9.10. The van der Waals surface area contributed by atoms with Crippen molar-refractivity contribution in [3.63, 3.8) is 0 Å². The maximum Gasteiger partial charge on any atom is 0.253 e. The summed E-state index contributed by atoms with van der Waals surface area (Å²) in [5.41, 5.74) is 2.81. The van der Waals surface area contributed by atoms with Crippen LogP contribution in [0.4, 0.5) is 0 Å². The van der Waals surface area contributed by atoms with Gasteiger partial charge in [0.15, 0.2) is 0 Å². The average Bonchev–Trinajstić information content (AvgIpc) is 3.24. The third-order valence-electron chi connectivity index (χ3n) is 6.36. The lowest BCUT2D eigenvalue weighted by molar-refractivity contribution is 0.0545. The zero-order chi connectivity index (χ0) is 20.1. The Morgan fingerprint density at radius 2 is 1.71 bits per heavy atom. The summed E-state index contributed by atoms with van der Waals surface area (Å²) in [6, 6.07) is 16.3. The molecular weight excluding hydrogens is 412 g/mol. The number of benzene rings is 2. The van der Waals surface area contributed by atoms with Gasteiger partial charge < -0.3 is 5.32 Å². The predicted octanol–water partition coefficient (Wildman–Crippen LogP) is 5.88. The summed E-state index contributed by atoms with van der Waals surface area (Å²) in [7, 11) is 0. The van der Waals surface area contributed by atoms with Gasteiger partial charge in [0.1, 0.15) is 0 Å². The number of likely N-dealkylation sites (tertiary alicyclic amines) is 1.